The maximum atomic E-state index is 13.0. The number of aliphatic hydroxyl groups excluding tert-OH is 1. The number of amides is 1. The lowest BCUT2D eigenvalue weighted by molar-refractivity contribution is -0.122. The molecule has 118 valence electrons. The van der Waals surface area contributed by atoms with E-state index in [9.17, 15) is 18.7 Å². The second-order valence-electron chi connectivity index (χ2n) is 4.58. The Balaban J connectivity index is 1.70. The summed E-state index contributed by atoms with van der Waals surface area (Å²) in [5.41, 5.74) is 0. The Bertz CT molecular complexity index is 620. The summed E-state index contributed by atoms with van der Waals surface area (Å²) >= 11 is 0. The molecule has 2 N–H and O–H groups in total. The molecule has 1 heterocycles. The highest BCUT2D eigenvalue weighted by molar-refractivity contribution is 5.75. The molecule has 1 aromatic carbocycles. The molecule has 2 rings (SSSR count). The minimum absolute atomic E-state index is 0.0167. The van der Waals surface area contributed by atoms with Gasteiger partial charge in [-0.1, -0.05) is 0 Å². The highest BCUT2D eigenvalue weighted by atomic mass is 19.2. The van der Waals surface area contributed by atoms with Crippen molar-refractivity contribution in [3.05, 3.63) is 48.6 Å². The van der Waals surface area contributed by atoms with Gasteiger partial charge in [-0.05, 0) is 12.1 Å². The SMILES string of the molecule is O=C(Cn1ccnc1)NC[C@@H](O)COc1ccc(F)c(F)c1. The van der Waals surface area contributed by atoms with Crippen molar-refractivity contribution in [2.45, 2.75) is 12.6 Å². The summed E-state index contributed by atoms with van der Waals surface area (Å²) in [5, 5.41) is 12.2. The summed E-state index contributed by atoms with van der Waals surface area (Å²) in [5.74, 6) is -2.19. The minimum Gasteiger partial charge on any atom is -0.491 e. The zero-order valence-corrected chi connectivity index (χ0v) is 11.6. The summed E-state index contributed by atoms with van der Waals surface area (Å²) in [6, 6.07) is 3.08. The third-order valence-electron chi connectivity index (χ3n) is 2.75. The molecule has 0 aliphatic carbocycles. The Hall–Kier alpha value is -2.48. The van der Waals surface area contributed by atoms with Crippen LogP contribution in [0.1, 0.15) is 0 Å². The lowest BCUT2D eigenvalue weighted by Crippen LogP contribution is -2.36. The predicted molar refractivity (Wildman–Crippen MR) is 73.1 cm³/mol. The van der Waals surface area contributed by atoms with E-state index < -0.39 is 17.7 Å². The smallest absolute Gasteiger partial charge is 0.240 e. The van der Waals surface area contributed by atoms with Gasteiger partial charge in [0.05, 0.1) is 6.33 Å². The third kappa shape index (κ3) is 4.81. The predicted octanol–water partition coefficient (Wildman–Crippen LogP) is 0.717. The Kier molecular flexibility index (Phi) is 5.42. The quantitative estimate of drug-likeness (QED) is 0.790. The van der Waals surface area contributed by atoms with E-state index in [0.29, 0.717) is 0 Å². The second-order valence-corrected chi connectivity index (χ2v) is 4.58. The molecule has 0 saturated heterocycles. The average Bonchev–Trinajstić information content (AvgIpc) is 2.99. The fourth-order valence-corrected chi connectivity index (χ4v) is 1.65. The summed E-state index contributed by atoms with van der Waals surface area (Å²) < 4.78 is 32.4. The number of benzene rings is 1. The molecule has 22 heavy (non-hydrogen) atoms. The van der Waals surface area contributed by atoms with Crippen LogP contribution in [0.4, 0.5) is 8.78 Å². The van der Waals surface area contributed by atoms with E-state index in [1.54, 1.807) is 17.0 Å². The molecule has 1 amide bonds. The summed E-state index contributed by atoms with van der Waals surface area (Å²) in [6.07, 6.45) is 3.72. The molecule has 1 aromatic heterocycles. The monoisotopic (exact) mass is 311 g/mol. The lowest BCUT2D eigenvalue weighted by atomic mass is 10.3. The van der Waals surface area contributed by atoms with Crippen molar-refractivity contribution in [3.63, 3.8) is 0 Å². The van der Waals surface area contributed by atoms with Gasteiger partial charge in [-0.2, -0.15) is 0 Å². The van der Waals surface area contributed by atoms with Crippen LogP contribution in [0.3, 0.4) is 0 Å². The van der Waals surface area contributed by atoms with Gasteiger partial charge >= 0.3 is 0 Å². The molecular formula is C14H15F2N3O3. The molecule has 0 fully saturated rings. The molecule has 2 aromatic rings. The van der Waals surface area contributed by atoms with E-state index in [1.165, 1.54) is 12.4 Å². The van der Waals surface area contributed by atoms with Crippen LogP contribution in [0, 0.1) is 11.6 Å². The van der Waals surface area contributed by atoms with Crippen LogP contribution in [0.5, 0.6) is 5.75 Å². The standard InChI is InChI=1S/C14H15F2N3O3/c15-12-2-1-11(5-13(12)16)22-8-10(20)6-18-14(21)7-19-4-3-17-9-19/h1-5,9-10,20H,6-8H2,(H,18,21)/t10-/m1/s1. The molecule has 0 saturated carbocycles. The number of imidazole rings is 1. The first kappa shape index (κ1) is 15.9. The van der Waals surface area contributed by atoms with Crippen molar-refractivity contribution in [1.29, 1.82) is 0 Å². The average molecular weight is 311 g/mol. The van der Waals surface area contributed by atoms with Crippen LogP contribution in [-0.4, -0.2) is 39.8 Å². The highest BCUT2D eigenvalue weighted by Gasteiger charge is 2.09. The number of carbonyl (C=O) groups excluding carboxylic acids is 1. The van der Waals surface area contributed by atoms with Crippen LogP contribution in [0.25, 0.3) is 0 Å². The van der Waals surface area contributed by atoms with Crippen LogP contribution < -0.4 is 10.1 Å². The van der Waals surface area contributed by atoms with E-state index in [-0.39, 0.29) is 31.4 Å². The number of halogens is 2. The molecule has 0 bridgehead atoms. The molecule has 0 aliphatic heterocycles. The Morgan fingerprint density at radius 2 is 2.23 bits per heavy atom. The molecule has 6 nitrogen and oxygen atoms in total. The van der Waals surface area contributed by atoms with E-state index in [1.807, 2.05) is 0 Å². The number of aromatic nitrogens is 2. The highest BCUT2D eigenvalue weighted by Crippen LogP contribution is 2.15. The van der Waals surface area contributed by atoms with E-state index in [4.69, 9.17) is 4.74 Å². The van der Waals surface area contributed by atoms with Crippen LogP contribution in [0.2, 0.25) is 0 Å². The number of ether oxygens (including phenoxy) is 1. The second kappa shape index (κ2) is 7.51. The molecule has 0 aliphatic rings. The summed E-state index contributed by atoms with van der Waals surface area (Å²) in [4.78, 5) is 15.4. The van der Waals surface area contributed by atoms with Gasteiger partial charge in [0.1, 0.15) is 25.0 Å². The molecule has 0 spiro atoms. The maximum absolute atomic E-state index is 13.0. The van der Waals surface area contributed by atoms with Crippen molar-refractivity contribution in [2.75, 3.05) is 13.2 Å². The van der Waals surface area contributed by atoms with E-state index in [2.05, 4.69) is 10.3 Å². The first-order chi connectivity index (χ1) is 10.5. The first-order valence-electron chi connectivity index (χ1n) is 6.53. The van der Waals surface area contributed by atoms with Gasteiger partial charge in [-0.25, -0.2) is 13.8 Å². The topological polar surface area (TPSA) is 76.4 Å². The largest absolute Gasteiger partial charge is 0.491 e. The molecule has 0 radical (unpaired) electrons. The number of nitrogens with zero attached hydrogens (tertiary/aromatic N) is 2. The van der Waals surface area contributed by atoms with E-state index in [0.717, 1.165) is 12.1 Å². The van der Waals surface area contributed by atoms with Gasteiger partial charge in [0.15, 0.2) is 11.6 Å². The van der Waals surface area contributed by atoms with Crippen molar-refractivity contribution < 1.29 is 23.4 Å². The molecule has 0 unspecified atom stereocenters. The maximum Gasteiger partial charge on any atom is 0.240 e. The van der Waals surface area contributed by atoms with Crippen LogP contribution >= 0.6 is 0 Å². The molecule has 1 atom stereocenters. The Morgan fingerprint density at radius 1 is 1.41 bits per heavy atom. The van der Waals surface area contributed by atoms with Gasteiger partial charge in [0, 0.05) is 25.0 Å². The van der Waals surface area contributed by atoms with Gasteiger partial charge in [-0.15, -0.1) is 0 Å². The Morgan fingerprint density at radius 3 is 2.91 bits per heavy atom. The first-order valence-corrected chi connectivity index (χ1v) is 6.53. The zero-order valence-electron chi connectivity index (χ0n) is 11.6. The normalized spacial score (nSPS) is 12.0. The summed E-state index contributed by atoms with van der Waals surface area (Å²) in [7, 11) is 0. The van der Waals surface area contributed by atoms with Crippen molar-refractivity contribution in [3.8, 4) is 5.75 Å². The van der Waals surface area contributed by atoms with Crippen LogP contribution in [0.15, 0.2) is 36.9 Å². The van der Waals surface area contributed by atoms with E-state index >= 15 is 0 Å². The molecule has 8 heteroatoms. The van der Waals surface area contributed by atoms with Crippen molar-refractivity contribution in [2.24, 2.45) is 0 Å². The van der Waals surface area contributed by atoms with Gasteiger partial charge < -0.3 is 19.7 Å². The number of carbonyl (C=O) groups is 1. The number of nitrogens with one attached hydrogen (secondary N) is 1. The number of aliphatic hydroxyl groups is 1. The molecular weight excluding hydrogens is 296 g/mol. The van der Waals surface area contributed by atoms with Crippen molar-refractivity contribution in [1.82, 2.24) is 14.9 Å². The van der Waals surface area contributed by atoms with Gasteiger partial charge in [0.25, 0.3) is 0 Å². The third-order valence-corrected chi connectivity index (χ3v) is 2.75. The zero-order chi connectivity index (χ0) is 15.9. The summed E-state index contributed by atoms with van der Waals surface area (Å²) in [6.45, 7) is -0.0790. The number of hydrogen-bond acceptors (Lipinski definition) is 4. The number of hydrogen-bond donors (Lipinski definition) is 2. The fourth-order valence-electron chi connectivity index (χ4n) is 1.65. The van der Waals surface area contributed by atoms with Crippen LogP contribution in [-0.2, 0) is 11.3 Å². The minimum atomic E-state index is -1.03. The van der Waals surface area contributed by atoms with Crippen molar-refractivity contribution >= 4 is 5.91 Å². The van der Waals surface area contributed by atoms with Gasteiger partial charge in [-0.3, -0.25) is 4.79 Å². The lowest BCUT2D eigenvalue weighted by Gasteiger charge is -2.13. The van der Waals surface area contributed by atoms with Gasteiger partial charge in [0.2, 0.25) is 5.91 Å². The number of rotatable bonds is 7. The Labute approximate surface area is 125 Å². The fraction of sp³-hybridized carbons (Fsp3) is 0.286.